The predicted molar refractivity (Wildman–Crippen MR) is 87.6 cm³/mol. The van der Waals surface area contributed by atoms with Crippen molar-refractivity contribution in [2.75, 3.05) is 31.1 Å². The average molecular weight is 296 g/mol. The maximum atomic E-state index is 5.86. The summed E-state index contributed by atoms with van der Waals surface area (Å²) in [5.74, 6) is 0.458. The first-order chi connectivity index (χ1) is 9.60. The third kappa shape index (κ3) is 3.15. The van der Waals surface area contributed by atoms with Crippen molar-refractivity contribution in [3.63, 3.8) is 0 Å². The number of nitrogens with zero attached hydrogens (tertiary/aromatic N) is 3. The van der Waals surface area contributed by atoms with Crippen LogP contribution in [0.1, 0.15) is 50.6 Å². The Labute approximate surface area is 127 Å². The molecule has 20 heavy (non-hydrogen) atoms. The molecule has 4 nitrogen and oxygen atoms in total. The van der Waals surface area contributed by atoms with Crippen molar-refractivity contribution in [2.45, 2.75) is 52.6 Å². The minimum Gasteiger partial charge on any atom is -0.346 e. The van der Waals surface area contributed by atoms with E-state index in [1.165, 1.54) is 22.1 Å². The smallest absolute Gasteiger partial charge is 0.185 e. The zero-order valence-corrected chi connectivity index (χ0v) is 14.0. The molecule has 0 radical (unpaired) electrons. The van der Waals surface area contributed by atoms with Gasteiger partial charge in [-0.2, -0.15) is 0 Å². The van der Waals surface area contributed by atoms with Gasteiger partial charge in [0.1, 0.15) is 0 Å². The lowest BCUT2D eigenvalue weighted by molar-refractivity contribution is 0.232. The quantitative estimate of drug-likeness (QED) is 0.876. The van der Waals surface area contributed by atoms with Gasteiger partial charge in [-0.3, -0.25) is 4.90 Å². The minimum atomic E-state index is 0.458. The maximum Gasteiger partial charge on any atom is 0.185 e. The van der Waals surface area contributed by atoms with Gasteiger partial charge in [0.15, 0.2) is 5.13 Å². The zero-order valence-electron chi connectivity index (χ0n) is 13.2. The lowest BCUT2D eigenvalue weighted by atomic mass is 10.1. The molecule has 1 aromatic rings. The highest BCUT2D eigenvalue weighted by Crippen LogP contribution is 2.32. The lowest BCUT2D eigenvalue weighted by Crippen LogP contribution is -2.37. The van der Waals surface area contributed by atoms with Crippen LogP contribution in [-0.2, 0) is 6.54 Å². The van der Waals surface area contributed by atoms with E-state index in [-0.39, 0.29) is 0 Å². The fourth-order valence-corrected chi connectivity index (χ4v) is 4.17. The van der Waals surface area contributed by atoms with E-state index >= 15 is 0 Å². The van der Waals surface area contributed by atoms with Gasteiger partial charge < -0.3 is 10.6 Å². The van der Waals surface area contributed by atoms with E-state index in [1.807, 2.05) is 0 Å². The molecule has 0 aromatic carbocycles. The molecule has 2 rings (SSSR count). The third-order valence-corrected chi connectivity index (χ3v) is 5.37. The highest BCUT2D eigenvalue weighted by atomic mass is 32.1. The number of likely N-dealkylation sites (N-methyl/N-ethyl adjacent to an activating group) is 1. The van der Waals surface area contributed by atoms with Gasteiger partial charge in [0.2, 0.25) is 0 Å². The Bertz CT molecular complexity index is 426. The number of rotatable bonds is 6. The summed E-state index contributed by atoms with van der Waals surface area (Å²) in [6.45, 7) is 14.0. The molecule has 114 valence electrons. The summed E-state index contributed by atoms with van der Waals surface area (Å²) in [5, 5.41) is 1.17. The molecular weight excluding hydrogens is 268 g/mol. The van der Waals surface area contributed by atoms with Gasteiger partial charge in [-0.15, -0.1) is 11.3 Å². The molecule has 1 unspecified atom stereocenters. The van der Waals surface area contributed by atoms with Crippen molar-refractivity contribution in [3.05, 3.63) is 10.6 Å². The van der Waals surface area contributed by atoms with Crippen LogP contribution in [0, 0.1) is 0 Å². The van der Waals surface area contributed by atoms with Crippen LogP contribution in [-0.4, -0.2) is 42.1 Å². The van der Waals surface area contributed by atoms with Crippen LogP contribution in [0.4, 0.5) is 5.13 Å². The van der Waals surface area contributed by atoms with Crippen molar-refractivity contribution < 1.29 is 0 Å². The Balaban J connectivity index is 2.10. The molecule has 0 bridgehead atoms. The van der Waals surface area contributed by atoms with Crippen LogP contribution < -0.4 is 10.6 Å². The van der Waals surface area contributed by atoms with Crippen LogP contribution in [0.2, 0.25) is 0 Å². The first-order valence-electron chi connectivity index (χ1n) is 7.79. The zero-order chi connectivity index (χ0) is 14.7. The second-order valence-electron chi connectivity index (χ2n) is 5.77. The van der Waals surface area contributed by atoms with Gasteiger partial charge in [-0.25, -0.2) is 4.98 Å². The minimum absolute atomic E-state index is 0.458. The number of nitrogens with two attached hydrogens (primary N) is 1. The van der Waals surface area contributed by atoms with E-state index in [4.69, 9.17) is 10.7 Å². The molecule has 0 saturated carbocycles. The van der Waals surface area contributed by atoms with Crippen molar-refractivity contribution in [1.29, 1.82) is 0 Å². The summed E-state index contributed by atoms with van der Waals surface area (Å²) in [7, 11) is 0. The Morgan fingerprint density at radius 2 is 2.10 bits per heavy atom. The monoisotopic (exact) mass is 296 g/mol. The van der Waals surface area contributed by atoms with E-state index in [0.29, 0.717) is 18.5 Å². The topological polar surface area (TPSA) is 45.4 Å². The van der Waals surface area contributed by atoms with Gasteiger partial charge in [0.05, 0.1) is 5.69 Å². The molecule has 1 aliphatic heterocycles. The van der Waals surface area contributed by atoms with Crippen molar-refractivity contribution in [2.24, 2.45) is 5.73 Å². The molecule has 0 spiro atoms. The van der Waals surface area contributed by atoms with Gasteiger partial charge >= 0.3 is 0 Å². The molecule has 2 N–H and O–H groups in total. The maximum absolute atomic E-state index is 5.86. The molecule has 1 fully saturated rings. The second-order valence-corrected chi connectivity index (χ2v) is 6.84. The number of thiazole rings is 1. The standard InChI is InChI=1S/C15H28N4S/c1-5-18(6-2)12-7-8-19(10-12)15-17-14(11(3)4)13(9-16)20-15/h11-12H,5-10,16H2,1-4H3. The second kappa shape index (κ2) is 6.87. The Morgan fingerprint density at radius 3 is 2.60 bits per heavy atom. The van der Waals surface area contributed by atoms with Gasteiger partial charge in [-0.1, -0.05) is 27.7 Å². The highest BCUT2D eigenvalue weighted by Gasteiger charge is 2.28. The fraction of sp³-hybridized carbons (Fsp3) is 0.800. The largest absolute Gasteiger partial charge is 0.346 e. The fourth-order valence-electron chi connectivity index (χ4n) is 3.04. The van der Waals surface area contributed by atoms with E-state index in [1.54, 1.807) is 11.3 Å². The van der Waals surface area contributed by atoms with Crippen molar-refractivity contribution >= 4 is 16.5 Å². The summed E-state index contributed by atoms with van der Waals surface area (Å²) >= 11 is 1.79. The number of hydrogen-bond acceptors (Lipinski definition) is 5. The van der Waals surface area contributed by atoms with Gasteiger partial charge in [0.25, 0.3) is 0 Å². The Hall–Kier alpha value is -0.650. The normalized spacial score (nSPS) is 19.6. The third-order valence-electron chi connectivity index (χ3n) is 4.21. The van der Waals surface area contributed by atoms with Crippen LogP contribution in [0.3, 0.4) is 0 Å². The first kappa shape index (κ1) is 15.7. The van der Waals surface area contributed by atoms with E-state index in [0.717, 1.165) is 26.2 Å². The number of hydrogen-bond donors (Lipinski definition) is 1. The summed E-state index contributed by atoms with van der Waals surface area (Å²) in [5.41, 5.74) is 7.06. The van der Waals surface area contributed by atoms with Crippen molar-refractivity contribution in [1.82, 2.24) is 9.88 Å². The lowest BCUT2D eigenvalue weighted by Gasteiger charge is -2.25. The van der Waals surface area contributed by atoms with Gasteiger partial charge in [0, 0.05) is 30.6 Å². The van der Waals surface area contributed by atoms with Crippen LogP contribution in [0.15, 0.2) is 0 Å². The predicted octanol–water partition coefficient (Wildman–Crippen LogP) is 2.65. The van der Waals surface area contributed by atoms with Crippen LogP contribution in [0.5, 0.6) is 0 Å². The molecular formula is C15H28N4S. The number of aromatic nitrogens is 1. The van der Waals surface area contributed by atoms with E-state index in [2.05, 4.69) is 37.5 Å². The Morgan fingerprint density at radius 1 is 1.40 bits per heavy atom. The number of anilines is 1. The summed E-state index contributed by atoms with van der Waals surface area (Å²) in [4.78, 5) is 11.1. The SMILES string of the molecule is CCN(CC)C1CCN(c2nc(C(C)C)c(CN)s2)C1. The highest BCUT2D eigenvalue weighted by molar-refractivity contribution is 7.15. The molecule has 0 aliphatic carbocycles. The summed E-state index contributed by atoms with van der Waals surface area (Å²) < 4.78 is 0. The molecule has 1 saturated heterocycles. The van der Waals surface area contributed by atoms with E-state index in [9.17, 15) is 0 Å². The van der Waals surface area contributed by atoms with Crippen LogP contribution in [0.25, 0.3) is 0 Å². The van der Waals surface area contributed by atoms with Gasteiger partial charge in [-0.05, 0) is 25.4 Å². The molecule has 1 aliphatic rings. The van der Waals surface area contributed by atoms with Crippen LogP contribution >= 0.6 is 11.3 Å². The Kier molecular flexibility index (Phi) is 5.41. The van der Waals surface area contributed by atoms with E-state index < -0.39 is 0 Å². The summed E-state index contributed by atoms with van der Waals surface area (Å²) in [6, 6.07) is 0.678. The first-order valence-corrected chi connectivity index (χ1v) is 8.60. The summed E-state index contributed by atoms with van der Waals surface area (Å²) in [6.07, 6.45) is 1.25. The molecule has 1 atom stereocenters. The van der Waals surface area contributed by atoms with Crippen molar-refractivity contribution in [3.8, 4) is 0 Å². The average Bonchev–Trinajstić information content (AvgIpc) is 3.06. The molecule has 0 amide bonds. The molecule has 1 aromatic heterocycles. The molecule has 2 heterocycles. The molecule has 5 heteroatoms.